The molecule has 2 aliphatic rings. The lowest BCUT2D eigenvalue weighted by Crippen LogP contribution is -2.25. The molecule has 0 bridgehead atoms. The van der Waals surface area contributed by atoms with Crippen molar-refractivity contribution in [3.05, 3.63) is 64.7 Å². The van der Waals surface area contributed by atoms with Crippen LogP contribution in [-0.4, -0.2) is 48.8 Å². The molecule has 2 aromatic rings. The lowest BCUT2D eigenvalue weighted by molar-refractivity contribution is 0.0954. The minimum atomic E-state index is -2.95. The molecule has 0 unspecified atom stereocenters. The monoisotopic (exact) mass is 449 g/mol. The summed E-state index contributed by atoms with van der Waals surface area (Å²) in [7, 11) is -2.95. The number of halogens is 1. The van der Waals surface area contributed by atoms with Crippen LogP contribution in [0.5, 0.6) is 0 Å². The molecular formula is C20H20ClN3O3S2. The van der Waals surface area contributed by atoms with E-state index in [1.165, 1.54) is 11.8 Å². The predicted molar refractivity (Wildman–Crippen MR) is 119 cm³/mol. The normalized spacial score (nSPS) is 22.0. The highest BCUT2D eigenvalue weighted by molar-refractivity contribution is 8.15. The number of benzene rings is 2. The first-order chi connectivity index (χ1) is 13.9. The van der Waals surface area contributed by atoms with Crippen LogP contribution >= 0.6 is 23.4 Å². The average Bonchev–Trinajstić information content (AvgIpc) is 3.16. The molecule has 0 aliphatic carbocycles. The van der Waals surface area contributed by atoms with Crippen molar-refractivity contribution in [2.45, 2.75) is 17.7 Å². The Morgan fingerprint density at radius 3 is 2.62 bits per heavy atom. The number of amidine groups is 1. The van der Waals surface area contributed by atoms with Gasteiger partial charge in [-0.25, -0.2) is 8.42 Å². The molecular weight excluding hydrogens is 430 g/mol. The molecule has 4 rings (SSSR count). The number of carbonyl (C=O) groups is 1. The summed E-state index contributed by atoms with van der Waals surface area (Å²) in [5, 5.41) is 7.54. The topological polar surface area (TPSA) is 87.6 Å². The summed E-state index contributed by atoms with van der Waals surface area (Å²) in [6, 6.07) is 14.6. The maximum atomic E-state index is 12.3. The first-order valence-corrected chi connectivity index (χ1v) is 12.3. The van der Waals surface area contributed by atoms with Gasteiger partial charge in [-0.2, -0.15) is 0 Å². The number of anilines is 1. The maximum absolute atomic E-state index is 12.3. The molecule has 0 radical (unpaired) electrons. The van der Waals surface area contributed by atoms with Gasteiger partial charge in [0.05, 0.1) is 17.5 Å². The maximum Gasteiger partial charge on any atom is 0.251 e. The van der Waals surface area contributed by atoms with Gasteiger partial charge in [0.25, 0.3) is 5.91 Å². The summed E-state index contributed by atoms with van der Waals surface area (Å²) in [5.74, 6) is 0.170. The minimum Gasteiger partial charge on any atom is -0.352 e. The molecule has 1 fully saturated rings. The second kappa shape index (κ2) is 8.38. The molecule has 2 aromatic carbocycles. The first-order valence-electron chi connectivity index (χ1n) is 9.23. The lowest BCUT2D eigenvalue weighted by Gasteiger charge is -2.09. The minimum absolute atomic E-state index is 0.00525. The van der Waals surface area contributed by atoms with E-state index in [0.717, 1.165) is 16.4 Å². The van der Waals surface area contributed by atoms with Gasteiger partial charge in [0.2, 0.25) is 0 Å². The van der Waals surface area contributed by atoms with Crippen LogP contribution in [0.4, 0.5) is 5.69 Å². The van der Waals surface area contributed by atoms with Crippen molar-refractivity contribution in [3.8, 4) is 0 Å². The Morgan fingerprint density at radius 1 is 1.14 bits per heavy atom. The van der Waals surface area contributed by atoms with Crippen molar-refractivity contribution in [2.75, 3.05) is 23.4 Å². The number of nitrogens with zero attached hydrogens (tertiary/aromatic N) is 1. The van der Waals surface area contributed by atoms with Gasteiger partial charge in [-0.15, -0.1) is 0 Å². The van der Waals surface area contributed by atoms with E-state index in [1.807, 2.05) is 36.4 Å². The van der Waals surface area contributed by atoms with Crippen molar-refractivity contribution in [3.63, 3.8) is 0 Å². The largest absolute Gasteiger partial charge is 0.352 e. The van der Waals surface area contributed by atoms with Crippen LogP contribution in [0.25, 0.3) is 0 Å². The Kier molecular flexibility index (Phi) is 5.85. The van der Waals surface area contributed by atoms with Gasteiger partial charge in [0, 0.05) is 28.1 Å². The summed E-state index contributed by atoms with van der Waals surface area (Å²) in [6.45, 7) is 0.502. The summed E-state index contributed by atoms with van der Waals surface area (Å²) >= 11 is 7.60. The zero-order valence-electron chi connectivity index (χ0n) is 15.5. The Labute approximate surface area is 179 Å². The second-order valence-electron chi connectivity index (χ2n) is 7.03. The van der Waals surface area contributed by atoms with Crippen LogP contribution in [0.15, 0.2) is 53.5 Å². The summed E-state index contributed by atoms with van der Waals surface area (Å²) in [4.78, 5) is 16.8. The highest BCUT2D eigenvalue weighted by Gasteiger charge is 2.42. The molecule has 152 valence electrons. The van der Waals surface area contributed by atoms with Crippen molar-refractivity contribution in [2.24, 2.45) is 4.99 Å². The molecule has 0 aromatic heterocycles. The highest BCUT2D eigenvalue weighted by Crippen LogP contribution is 2.34. The molecule has 9 heteroatoms. The number of hydrogen-bond donors (Lipinski definition) is 2. The highest BCUT2D eigenvalue weighted by atomic mass is 35.5. The summed E-state index contributed by atoms with van der Waals surface area (Å²) in [5.41, 5.74) is 2.38. The Balaban J connectivity index is 1.29. The van der Waals surface area contributed by atoms with Crippen LogP contribution in [0.2, 0.25) is 5.02 Å². The number of aliphatic imine (C=N–C) groups is 1. The van der Waals surface area contributed by atoms with E-state index in [2.05, 4.69) is 15.6 Å². The smallest absolute Gasteiger partial charge is 0.251 e. The van der Waals surface area contributed by atoms with Gasteiger partial charge in [0.1, 0.15) is 0 Å². The van der Waals surface area contributed by atoms with E-state index in [4.69, 9.17) is 11.6 Å². The van der Waals surface area contributed by atoms with E-state index in [0.29, 0.717) is 23.6 Å². The van der Waals surface area contributed by atoms with Gasteiger partial charge in [-0.1, -0.05) is 41.6 Å². The second-order valence-corrected chi connectivity index (χ2v) is 10.8. The van der Waals surface area contributed by atoms with Crippen molar-refractivity contribution in [1.29, 1.82) is 0 Å². The Morgan fingerprint density at radius 2 is 1.90 bits per heavy atom. The van der Waals surface area contributed by atoms with Crippen molar-refractivity contribution >= 4 is 50.0 Å². The third-order valence-electron chi connectivity index (χ3n) is 4.85. The Hall–Kier alpha value is -2.03. The molecule has 1 saturated heterocycles. The first kappa shape index (κ1) is 20.3. The fraction of sp³-hybridized carbons (Fsp3) is 0.300. The Bertz CT molecular complexity index is 1050. The zero-order valence-corrected chi connectivity index (χ0v) is 17.9. The number of carbonyl (C=O) groups excluding carboxylic acids is 1. The molecule has 0 saturated carbocycles. The number of amides is 1. The molecule has 6 nitrogen and oxygen atoms in total. The summed E-state index contributed by atoms with van der Waals surface area (Å²) in [6.07, 6.45) is 0.667. The fourth-order valence-corrected chi connectivity index (χ4v) is 7.26. The quantitative estimate of drug-likeness (QED) is 0.732. The third-order valence-corrected chi connectivity index (χ3v) is 8.36. The molecule has 2 heterocycles. The van der Waals surface area contributed by atoms with Gasteiger partial charge in [-0.05, 0) is 42.3 Å². The van der Waals surface area contributed by atoms with Gasteiger partial charge < -0.3 is 10.6 Å². The van der Waals surface area contributed by atoms with Gasteiger partial charge in [0.15, 0.2) is 15.0 Å². The van der Waals surface area contributed by atoms with E-state index < -0.39 is 9.84 Å². The van der Waals surface area contributed by atoms with Crippen LogP contribution in [-0.2, 0) is 16.3 Å². The van der Waals surface area contributed by atoms with Crippen LogP contribution < -0.4 is 10.6 Å². The van der Waals surface area contributed by atoms with Gasteiger partial charge >= 0.3 is 0 Å². The number of hydrogen-bond acceptors (Lipinski definition) is 6. The molecule has 2 aliphatic heterocycles. The van der Waals surface area contributed by atoms with E-state index >= 15 is 0 Å². The van der Waals surface area contributed by atoms with Crippen molar-refractivity contribution in [1.82, 2.24) is 5.32 Å². The molecule has 0 spiro atoms. The number of sulfone groups is 1. The van der Waals surface area contributed by atoms with Gasteiger partial charge in [-0.3, -0.25) is 9.79 Å². The predicted octanol–water partition coefficient (Wildman–Crippen LogP) is 2.99. The number of nitrogens with one attached hydrogen (secondary N) is 2. The third kappa shape index (κ3) is 4.94. The van der Waals surface area contributed by atoms with Crippen LogP contribution in [0, 0.1) is 0 Å². The van der Waals surface area contributed by atoms with E-state index in [-0.39, 0.29) is 28.7 Å². The molecule has 2 atom stereocenters. The number of rotatable bonds is 5. The average molecular weight is 450 g/mol. The number of thioether (sulfide) groups is 1. The standard InChI is InChI=1S/C20H20ClN3O3S2/c21-16-4-2-1-3-13(16)9-10-22-19(25)14-5-7-15(8-6-14)23-20-24-17-11-29(26,27)12-18(17)28-20/h1-8,17-18H,9-12H2,(H,22,25)(H,23,24)/t17-,18+/m1/s1. The molecule has 2 N–H and O–H groups in total. The van der Waals surface area contributed by atoms with Crippen molar-refractivity contribution < 1.29 is 13.2 Å². The lowest BCUT2D eigenvalue weighted by atomic mass is 10.1. The molecule has 1 amide bonds. The van der Waals surface area contributed by atoms with Crippen LogP contribution in [0.1, 0.15) is 15.9 Å². The van der Waals surface area contributed by atoms with E-state index in [1.54, 1.807) is 12.1 Å². The van der Waals surface area contributed by atoms with E-state index in [9.17, 15) is 13.2 Å². The van der Waals surface area contributed by atoms with Crippen LogP contribution in [0.3, 0.4) is 0 Å². The number of fused-ring (bicyclic) bond motifs is 1. The zero-order chi connectivity index (χ0) is 20.4. The summed E-state index contributed by atoms with van der Waals surface area (Å²) < 4.78 is 23.3. The molecule has 29 heavy (non-hydrogen) atoms. The SMILES string of the molecule is O=C(NCCc1ccccc1Cl)c1ccc(NC2=N[C@@H]3CS(=O)(=O)C[C@@H]3S2)cc1. The fourth-order valence-electron chi connectivity index (χ4n) is 3.36.